The monoisotopic (exact) mass is 402 g/mol. The number of carbonyl (C=O) groups is 2. The van der Waals surface area contributed by atoms with Gasteiger partial charge in [0.05, 0.1) is 30.2 Å². The number of sulfonamides is 1. The van der Waals surface area contributed by atoms with E-state index in [0.29, 0.717) is 24.5 Å². The average Bonchev–Trinajstić information content (AvgIpc) is 2.99. The number of nitrogens with zero attached hydrogens (tertiary/aromatic N) is 1. The lowest BCUT2D eigenvalue weighted by Gasteiger charge is -2.29. The molecular weight excluding hydrogens is 384 g/mol. The Morgan fingerprint density at radius 1 is 0.929 bits per heavy atom. The molecule has 8 nitrogen and oxygen atoms in total. The van der Waals surface area contributed by atoms with Crippen LogP contribution in [0.2, 0.25) is 0 Å². The summed E-state index contributed by atoms with van der Waals surface area (Å²) in [5.74, 6) is 0.0369. The van der Waals surface area contributed by atoms with Crippen LogP contribution in [0.4, 0.5) is 0 Å². The highest BCUT2D eigenvalue weighted by Crippen LogP contribution is 2.34. The van der Waals surface area contributed by atoms with E-state index in [9.17, 15) is 18.0 Å². The number of amides is 2. The number of imide groups is 1. The first-order valence-electron chi connectivity index (χ1n) is 8.59. The van der Waals surface area contributed by atoms with E-state index in [0.717, 1.165) is 11.1 Å². The number of hydrogen-bond donors (Lipinski definition) is 1. The minimum absolute atomic E-state index is 0.0139. The predicted octanol–water partition coefficient (Wildman–Crippen LogP) is 1.33. The first kappa shape index (κ1) is 18.5. The number of methoxy groups -OCH3 is 2. The molecule has 0 spiro atoms. The Labute approximate surface area is 162 Å². The molecule has 2 aromatic carbocycles. The second-order valence-corrected chi connectivity index (χ2v) is 8.49. The number of nitrogens with one attached hydrogen (secondary N) is 1. The Morgan fingerprint density at radius 2 is 1.57 bits per heavy atom. The summed E-state index contributed by atoms with van der Waals surface area (Å²) >= 11 is 0. The molecule has 2 aromatic rings. The SMILES string of the molecule is COc1cc2c(cc1OC)CN(S(=O)(=O)c1ccc3c(c1)C(=O)NC3=O)CC2. The maximum Gasteiger partial charge on any atom is 0.258 e. The van der Waals surface area contributed by atoms with Crippen LogP contribution in [0.5, 0.6) is 11.5 Å². The molecule has 4 rings (SSSR count). The maximum absolute atomic E-state index is 13.1. The lowest BCUT2D eigenvalue weighted by atomic mass is 10.0. The summed E-state index contributed by atoms with van der Waals surface area (Å²) < 4.78 is 38.2. The first-order chi connectivity index (χ1) is 13.3. The second kappa shape index (κ2) is 6.61. The van der Waals surface area contributed by atoms with Crippen molar-refractivity contribution in [1.29, 1.82) is 0 Å². The summed E-state index contributed by atoms with van der Waals surface area (Å²) in [6.45, 7) is 0.479. The third-order valence-corrected chi connectivity index (χ3v) is 6.87. The van der Waals surface area contributed by atoms with Gasteiger partial charge in [-0.25, -0.2) is 8.42 Å². The number of fused-ring (bicyclic) bond motifs is 2. The molecule has 2 aliphatic heterocycles. The fourth-order valence-corrected chi connectivity index (χ4v) is 4.96. The van der Waals surface area contributed by atoms with E-state index in [4.69, 9.17) is 9.47 Å². The number of hydrogen-bond acceptors (Lipinski definition) is 6. The van der Waals surface area contributed by atoms with Gasteiger partial charge in [-0.3, -0.25) is 14.9 Å². The fourth-order valence-electron chi connectivity index (χ4n) is 3.52. The normalized spacial score (nSPS) is 16.4. The molecule has 0 saturated heterocycles. The van der Waals surface area contributed by atoms with Crippen LogP contribution in [0.1, 0.15) is 31.8 Å². The van der Waals surface area contributed by atoms with E-state index >= 15 is 0 Å². The van der Waals surface area contributed by atoms with Crippen LogP contribution in [0.15, 0.2) is 35.2 Å². The summed E-state index contributed by atoms with van der Waals surface area (Å²) in [6, 6.07) is 7.63. The van der Waals surface area contributed by atoms with Crippen molar-refractivity contribution >= 4 is 21.8 Å². The lowest BCUT2D eigenvalue weighted by molar-refractivity contribution is 0.0879. The quantitative estimate of drug-likeness (QED) is 0.775. The van der Waals surface area contributed by atoms with Gasteiger partial charge in [-0.2, -0.15) is 4.31 Å². The zero-order valence-electron chi connectivity index (χ0n) is 15.3. The third-order valence-electron chi connectivity index (χ3n) is 5.03. The Balaban J connectivity index is 1.68. The van der Waals surface area contributed by atoms with Gasteiger partial charge in [-0.15, -0.1) is 0 Å². The highest BCUT2D eigenvalue weighted by Gasteiger charge is 2.33. The summed E-state index contributed by atoms with van der Waals surface area (Å²) in [4.78, 5) is 23.5. The van der Waals surface area contributed by atoms with Gasteiger partial charge < -0.3 is 9.47 Å². The molecular formula is C19H18N2O6S. The van der Waals surface area contributed by atoms with Gasteiger partial charge in [0.2, 0.25) is 10.0 Å². The van der Waals surface area contributed by atoms with Crippen LogP contribution >= 0.6 is 0 Å². The van der Waals surface area contributed by atoms with Crippen LogP contribution in [0.25, 0.3) is 0 Å². The highest BCUT2D eigenvalue weighted by atomic mass is 32.2. The molecule has 0 unspecified atom stereocenters. The second-order valence-electron chi connectivity index (χ2n) is 6.56. The van der Waals surface area contributed by atoms with Gasteiger partial charge in [-0.1, -0.05) is 0 Å². The van der Waals surface area contributed by atoms with E-state index in [1.165, 1.54) is 29.6 Å². The molecule has 0 fully saturated rings. The van der Waals surface area contributed by atoms with Crippen molar-refractivity contribution in [3.8, 4) is 11.5 Å². The Kier molecular flexibility index (Phi) is 4.35. The topological polar surface area (TPSA) is 102 Å². The van der Waals surface area contributed by atoms with Crippen molar-refractivity contribution in [3.63, 3.8) is 0 Å². The molecule has 0 aliphatic carbocycles. The highest BCUT2D eigenvalue weighted by molar-refractivity contribution is 7.89. The fraction of sp³-hybridized carbons (Fsp3) is 0.263. The molecule has 0 atom stereocenters. The van der Waals surface area contributed by atoms with Crippen molar-refractivity contribution in [3.05, 3.63) is 52.6 Å². The van der Waals surface area contributed by atoms with Crippen molar-refractivity contribution in [2.75, 3.05) is 20.8 Å². The largest absolute Gasteiger partial charge is 0.493 e. The van der Waals surface area contributed by atoms with Crippen LogP contribution in [-0.2, 0) is 23.0 Å². The van der Waals surface area contributed by atoms with Gasteiger partial charge >= 0.3 is 0 Å². The van der Waals surface area contributed by atoms with Gasteiger partial charge in [0.15, 0.2) is 11.5 Å². The van der Waals surface area contributed by atoms with Gasteiger partial charge in [0.25, 0.3) is 11.8 Å². The predicted molar refractivity (Wildman–Crippen MR) is 99.1 cm³/mol. The standard InChI is InChI=1S/C19H18N2O6S/c1-26-16-7-11-5-6-21(10-12(11)8-17(16)27-2)28(24,25)13-3-4-14-15(9-13)19(23)20-18(14)22/h3-4,7-9H,5-6,10H2,1-2H3,(H,20,22,23). The molecule has 2 aliphatic rings. The molecule has 0 radical (unpaired) electrons. The summed E-state index contributed by atoms with van der Waals surface area (Å²) in [6.07, 6.45) is 0.527. The van der Waals surface area contributed by atoms with Gasteiger partial charge in [0, 0.05) is 13.1 Å². The summed E-state index contributed by atoms with van der Waals surface area (Å²) in [7, 11) is -0.752. The van der Waals surface area contributed by atoms with E-state index in [1.807, 2.05) is 6.07 Å². The zero-order chi connectivity index (χ0) is 20.1. The van der Waals surface area contributed by atoms with Crippen LogP contribution in [0.3, 0.4) is 0 Å². The van der Waals surface area contributed by atoms with Crippen LogP contribution in [0, 0.1) is 0 Å². The molecule has 146 valence electrons. The zero-order valence-corrected chi connectivity index (χ0v) is 16.1. The number of ether oxygens (including phenoxy) is 2. The van der Waals surface area contributed by atoms with Crippen molar-refractivity contribution < 1.29 is 27.5 Å². The lowest BCUT2D eigenvalue weighted by Crippen LogP contribution is -2.36. The maximum atomic E-state index is 13.1. The Bertz CT molecular complexity index is 1110. The van der Waals surface area contributed by atoms with Gasteiger partial charge in [0.1, 0.15) is 0 Å². The van der Waals surface area contributed by atoms with Crippen LogP contribution < -0.4 is 14.8 Å². The molecule has 0 bridgehead atoms. The van der Waals surface area contributed by atoms with Gasteiger partial charge in [-0.05, 0) is 47.9 Å². The summed E-state index contributed by atoms with van der Waals surface area (Å²) in [5.41, 5.74) is 2.10. The van der Waals surface area contributed by atoms with E-state index in [2.05, 4.69) is 5.32 Å². The van der Waals surface area contributed by atoms with Crippen LogP contribution in [-0.4, -0.2) is 45.3 Å². The summed E-state index contributed by atoms with van der Waals surface area (Å²) in [5, 5.41) is 2.16. The number of benzene rings is 2. The minimum Gasteiger partial charge on any atom is -0.493 e. The first-order valence-corrected chi connectivity index (χ1v) is 10.0. The Hall–Kier alpha value is -2.91. The minimum atomic E-state index is -3.83. The molecule has 2 heterocycles. The molecule has 28 heavy (non-hydrogen) atoms. The van der Waals surface area contributed by atoms with Crippen molar-refractivity contribution in [2.24, 2.45) is 0 Å². The molecule has 2 amide bonds. The molecule has 9 heteroatoms. The smallest absolute Gasteiger partial charge is 0.258 e. The third kappa shape index (κ3) is 2.83. The van der Waals surface area contributed by atoms with E-state index in [-0.39, 0.29) is 22.6 Å². The van der Waals surface area contributed by atoms with Crippen molar-refractivity contribution in [1.82, 2.24) is 9.62 Å². The molecule has 0 saturated carbocycles. The molecule has 0 aromatic heterocycles. The van der Waals surface area contributed by atoms with E-state index < -0.39 is 21.8 Å². The average molecular weight is 402 g/mol. The number of rotatable bonds is 4. The molecule has 1 N–H and O–H groups in total. The number of carbonyl (C=O) groups excluding carboxylic acids is 2. The van der Waals surface area contributed by atoms with E-state index in [1.54, 1.807) is 13.2 Å². The van der Waals surface area contributed by atoms with Crippen molar-refractivity contribution in [2.45, 2.75) is 17.9 Å². The Morgan fingerprint density at radius 3 is 2.25 bits per heavy atom.